The van der Waals surface area contributed by atoms with Gasteiger partial charge in [-0.05, 0) is 44.6 Å². The number of ketones is 3. The summed E-state index contributed by atoms with van der Waals surface area (Å²) in [7, 11) is 3.22. The molecule has 2 aromatic rings. The van der Waals surface area contributed by atoms with Gasteiger partial charge < -0.3 is 20.4 Å². The molecule has 8 nitrogen and oxygen atoms in total. The molecule has 8 heteroatoms. The third-order valence-electron chi connectivity index (χ3n) is 7.87. The number of aliphatic hydroxyl groups excluding tert-OH is 2. The lowest BCUT2D eigenvalue weighted by molar-refractivity contribution is -0.154. The lowest BCUT2D eigenvalue weighted by Crippen LogP contribution is -2.65. The van der Waals surface area contributed by atoms with Crippen molar-refractivity contribution in [3.63, 3.8) is 0 Å². The maximum Gasteiger partial charge on any atom is 0.202 e. The van der Waals surface area contributed by atoms with Gasteiger partial charge in [0.05, 0.1) is 11.6 Å². The molecule has 0 spiro atoms. The standard InChI is InChI=1S/C28H27NO7/c1-13(30)19-25(33)23(29(2)3)17-12-16-20(14-8-5-4-6-9-14)15-10-7-11-18(31)21(15)24(32)22(16)27(35)28(17,36)26(19)34/h4-11,16-17,20,23,31-32,34,36H,12H2,1-3H3/t16-,17+,20-,23+,28-/m1/s1. The van der Waals surface area contributed by atoms with Crippen molar-refractivity contribution in [2.24, 2.45) is 11.8 Å². The highest BCUT2D eigenvalue weighted by molar-refractivity contribution is 6.25. The summed E-state index contributed by atoms with van der Waals surface area (Å²) in [4.78, 5) is 41.3. The number of benzene rings is 2. The van der Waals surface area contributed by atoms with Gasteiger partial charge in [-0.3, -0.25) is 19.3 Å². The summed E-state index contributed by atoms with van der Waals surface area (Å²) in [5.74, 6) is -6.32. The first-order chi connectivity index (χ1) is 17.0. The van der Waals surface area contributed by atoms with Crippen LogP contribution >= 0.6 is 0 Å². The molecule has 0 aromatic heterocycles. The Morgan fingerprint density at radius 1 is 1.00 bits per heavy atom. The number of hydrogen-bond donors (Lipinski definition) is 4. The van der Waals surface area contributed by atoms with Crippen LogP contribution in [0, 0.1) is 11.8 Å². The van der Waals surface area contributed by atoms with Crippen LogP contribution in [-0.4, -0.2) is 68.4 Å². The van der Waals surface area contributed by atoms with Crippen LogP contribution < -0.4 is 0 Å². The molecule has 3 aliphatic rings. The summed E-state index contributed by atoms with van der Waals surface area (Å²) in [5, 5.41) is 44.8. The van der Waals surface area contributed by atoms with E-state index in [9.17, 15) is 34.8 Å². The van der Waals surface area contributed by atoms with Crippen LogP contribution in [0.1, 0.15) is 36.0 Å². The van der Waals surface area contributed by atoms with Gasteiger partial charge in [-0.2, -0.15) is 0 Å². The smallest absolute Gasteiger partial charge is 0.202 e. The van der Waals surface area contributed by atoms with Crippen molar-refractivity contribution in [1.82, 2.24) is 4.90 Å². The first-order valence-electron chi connectivity index (χ1n) is 11.7. The Kier molecular flexibility index (Phi) is 5.42. The summed E-state index contributed by atoms with van der Waals surface area (Å²) in [5.41, 5.74) is -1.83. The molecule has 0 radical (unpaired) electrons. The second kappa shape index (κ2) is 8.15. The monoisotopic (exact) mass is 489 g/mol. The highest BCUT2D eigenvalue weighted by Gasteiger charge is 2.65. The van der Waals surface area contributed by atoms with E-state index in [4.69, 9.17) is 0 Å². The Morgan fingerprint density at radius 2 is 1.67 bits per heavy atom. The minimum absolute atomic E-state index is 0.0557. The topological polar surface area (TPSA) is 135 Å². The SMILES string of the molecule is CC(=O)C1=C(O)[C@@]2(O)C(=O)C3=C(O)c4c(O)cccc4[C@@H](c4ccccc4)[C@H]3C[C@H]2[C@H](N(C)C)C1=O. The fourth-order valence-electron chi connectivity index (χ4n) is 6.40. The number of carbonyl (C=O) groups excluding carboxylic acids is 3. The molecular formula is C28H27NO7. The van der Waals surface area contributed by atoms with E-state index in [1.807, 2.05) is 30.3 Å². The molecule has 0 bridgehead atoms. The second-order valence-electron chi connectivity index (χ2n) is 9.99. The Labute approximate surface area is 207 Å². The summed E-state index contributed by atoms with van der Waals surface area (Å²) in [6.07, 6.45) is 0.0557. The van der Waals surface area contributed by atoms with E-state index in [0.29, 0.717) is 5.56 Å². The fraction of sp³-hybridized carbons (Fsp3) is 0.321. The van der Waals surface area contributed by atoms with Crippen molar-refractivity contribution in [3.05, 3.63) is 82.1 Å². The zero-order valence-electron chi connectivity index (χ0n) is 20.1. The van der Waals surface area contributed by atoms with Crippen LogP contribution in [0.25, 0.3) is 5.76 Å². The van der Waals surface area contributed by atoms with Crippen LogP contribution in [0.2, 0.25) is 0 Å². The minimum Gasteiger partial charge on any atom is -0.508 e. The molecule has 5 rings (SSSR count). The molecule has 1 saturated carbocycles. The number of likely N-dealkylation sites (N-methyl/N-ethyl adjacent to an activating group) is 1. The van der Waals surface area contributed by atoms with Gasteiger partial charge in [-0.1, -0.05) is 42.5 Å². The molecule has 1 fully saturated rings. The molecule has 3 aliphatic carbocycles. The van der Waals surface area contributed by atoms with E-state index in [1.165, 1.54) is 11.0 Å². The largest absolute Gasteiger partial charge is 0.508 e. The first-order valence-corrected chi connectivity index (χ1v) is 11.7. The highest BCUT2D eigenvalue weighted by atomic mass is 16.3. The Morgan fingerprint density at radius 3 is 2.28 bits per heavy atom. The maximum atomic E-state index is 14.1. The normalized spacial score (nSPS) is 29.7. The Bertz CT molecular complexity index is 1370. The third kappa shape index (κ3) is 3.04. The Hall–Kier alpha value is -3.75. The number of aliphatic hydroxyl groups is 3. The second-order valence-corrected chi connectivity index (χ2v) is 9.99. The lowest BCUT2D eigenvalue weighted by Gasteiger charge is -2.51. The van der Waals surface area contributed by atoms with Crippen molar-refractivity contribution in [2.45, 2.75) is 30.9 Å². The van der Waals surface area contributed by atoms with E-state index in [0.717, 1.165) is 12.5 Å². The van der Waals surface area contributed by atoms with Crippen molar-refractivity contribution < 1.29 is 34.8 Å². The first kappa shape index (κ1) is 24.0. The quantitative estimate of drug-likeness (QED) is 0.484. The number of Topliss-reactive ketones (excluding diaryl/α,β-unsaturated/α-hetero) is 3. The van der Waals surface area contributed by atoms with Crippen LogP contribution in [-0.2, 0) is 14.4 Å². The van der Waals surface area contributed by atoms with Gasteiger partial charge in [0, 0.05) is 23.3 Å². The molecule has 0 saturated heterocycles. The number of nitrogens with zero attached hydrogens (tertiary/aromatic N) is 1. The van der Waals surface area contributed by atoms with Gasteiger partial charge in [-0.25, -0.2) is 0 Å². The van der Waals surface area contributed by atoms with Crippen molar-refractivity contribution in [1.29, 1.82) is 0 Å². The van der Waals surface area contributed by atoms with Gasteiger partial charge >= 0.3 is 0 Å². The van der Waals surface area contributed by atoms with Crippen molar-refractivity contribution in [2.75, 3.05) is 14.1 Å². The molecule has 0 unspecified atom stereocenters. The summed E-state index contributed by atoms with van der Waals surface area (Å²) in [6.45, 7) is 1.09. The number of aromatic hydroxyl groups is 1. The number of carbonyl (C=O) groups is 3. The Balaban J connectivity index is 1.82. The van der Waals surface area contributed by atoms with Gasteiger partial charge in [0.25, 0.3) is 0 Å². The average molecular weight is 490 g/mol. The summed E-state index contributed by atoms with van der Waals surface area (Å²) >= 11 is 0. The predicted octanol–water partition coefficient (Wildman–Crippen LogP) is 2.66. The highest BCUT2D eigenvalue weighted by Crippen LogP contribution is 2.57. The van der Waals surface area contributed by atoms with E-state index >= 15 is 0 Å². The van der Waals surface area contributed by atoms with Crippen LogP contribution in [0.5, 0.6) is 5.75 Å². The molecule has 186 valence electrons. The number of fused-ring (bicyclic) bond motifs is 3. The number of rotatable bonds is 3. The third-order valence-corrected chi connectivity index (χ3v) is 7.87. The van der Waals surface area contributed by atoms with Gasteiger partial charge in [0.15, 0.2) is 17.2 Å². The predicted molar refractivity (Wildman–Crippen MR) is 130 cm³/mol. The molecule has 5 atom stereocenters. The molecule has 2 aromatic carbocycles. The van der Waals surface area contributed by atoms with Gasteiger partial charge in [-0.15, -0.1) is 0 Å². The van der Waals surface area contributed by atoms with E-state index in [-0.39, 0.29) is 23.3 Å². The molecule has 0 heterocycles. The summed E-state index contributed by atoms with van der Waals surface area (Å²) < 4.78 is 0. The van der Waals surface area contributed by atoms with Gasteiger partial charge in [0.1, 0.15) is 22.8 Å². The van der Waals surface area contributed by atoms with E-state index in [2.05, 4.69) is 0 Å². The molecule has 36 heavy (non-hydrogen) atoms. The maximum absolute atomic E-state index is 14.1. The molecule has 0 amide bonds. The molecule has 0 aliphatic heterocycles. The molecule has 4 N–H and O–H groups in total. The van der Waals surface area contributed by atoms with Crippen molar-refractivity contribution in [3.8, 4) is 5.75 Å². The zero-order chi connectivity index (χ0) is 26.1. The van der Waals surface area contributed by atoms with E-state index in [1.54, 1.807) is 26.2 Å². The molecular weight excluding hydrogens is 462 g/mol. The van der Waals surface area contributed by atoms with Crippen LogP contribution in [0.3, 0.4) is 0 Å². The summed E-state index contributed by atoms with van der Waals surface area (Å²) in [6, 6.07) is 13.1. The minimum atomic E-state index is -2.59. The van der Waals surface area contributed by atoms with Crippen LogP contribution in [0.4, 0.5) is 0 Å². The van der Waals surface area contributed by atoms with Crippen molar-refractivity contribution >= 4 is 23.1 Å². The average Bonchev–Trinajstić information content (AvgIpc) is 2.81. The van der Waals surface area contributed by atoms with E-state index < -0.39 is 63.8 Å². The fourth-order valence-corrected chi connectivity index (χ4v) is 6.40. The lowest BCUT2D eigenvalue weighted by atomic mass is 9.54. The van der Waals surface area contributed by atoms with Crippen LogP contribution in [0.15, 0.2) is 65.4 Å². The zero-order valence-corrected chi connectivity index (χ0v) is 20.1. The number of phenols is 1. The number of phenolic OH excluding ortho intramolecular Hbond substituents is 1. The van der Waals surface area contributed by atoms with Gasteiger partial charge in [0.2, 0.25) is 5.78 Å². The number of hydrogen-bond acceptors (Lipinski definition) is 8.